The highest BCUT2D eigenvalue weighted by molar-refractivity contribution is 6.30. The molecule has 0 radical (unpaired) electrons. The number of hydrogen-bond acceptors (Lipinski definition) is 3. The van der Waals surface area contributed by atoms with Gasteiger partial charge in [0.1, 0.15) is 0 Å². The Balaban J connectivity index is 2.73. The van der Waals surface area contributed by atoms with Crippen molar-refractivity contribution in [2.75, 3.05) is 6.61 Å². The van der Waals surface area contributed by atoms with E-state index < -0.39 is 12.1 Å². The Bertz CT molecular complexity index is 308. The van der Waals surface area contributed by atoms with Crippen LogP contribution in [0.25, 0.3) is 0 Å². The van der Waals surface area contributed by atoms with Gasteiger partial charge in [-0.3, -0.25) is 0 Å². The van der Waals surface area contributed by atoms with Gasteiger partial charge in [-0.2, -0.15) is 0 Å². The Labute approximate surface area is 87.3 Å². The number of halogens is 1. The van der Waals surface area contributed by atoms with Crippen molar-refractivity contribution in [2.24, 2.45) is 0 Å². The van der Waals surface area contributed by atoms with Crippen molar-refractivity contribution in [3.8, 4) is 0 Å². The van der Waals surface area contributed by atoms with Gasteiger partial charge < -0.3 is 9.84 Å². The van der Waals surface area contributed by atoms with Crippen molar-refractivity contribution < 1.29 is 14.6 Å². The molecular formula is C10H11ClO3. The number of esters is 1. The summed E-state index contributed by atoms with van der Waals surface area (Å²) in [5.74, 6) is -0.644. The fraction of sp³-hybridized carbons (Fsp3) is 0.300. The predicted octanol–water partition coefficient (Wildman–Crippen LogP) is 1.94. The van der Waals surface area contributed by atoms with Gasteiger partial charge in [0.2, 0.25) is 0 Å². The van der Waals surface area contributed by atoms with Gasteiger partial charge in [-0.1, -0.05) is 23.7 Å². The minimum absolute atomic E-state index is 0.253. The van der Waals surface area contributed by atoms with Crippen LogP contribution in [0, 0.1) is 0 Å². The zero-order valence-corrected chi connectivity index (χ0v) is 8.49. The zero-order chi connectivity index (χ0) is 10.6. The highest BCUT2D eigenvalue weighted by Gasteiger charge is 2.17. The number of carbonyl (C=O) groups excluding carboxylic acids is 1. The lowest BCUT2D eigenvalue weighted by Gasteiger charge is -2.09. The predicted molar refractivity (Wildman–Crippen MR) is 53.0 cm³/mol. The third-order valence-electron chi connectivity index (χ3n) is 1.70. The summed E-state index contributed by atoms with van der Waals surface area (Å²) in [6.07, 6.45) is -1.23. The smallest absolute Gasteiger partial charge is 0.339 e. The Morgan fingerprint density at radius 2 is 2.07 bits per heavy atom. The van der Waals surface area contributed by atoms with Gasteiger partial charge in [0.15, 0.2) is 6.10 Å². The minimum atomic E-state index is -1.23. The van der Waals surface area contributed by atoms with Crippen LogP contribution in [0.15, 0.2) is 24.3 Å². The second-order valence-electron chi connectivity index (χ2n) is 2.71. The van der Waals surface area contributed by atoms with E-state index in [1.54, 1.807) is 31.2 Å². The first-order valence-corrected chi connectivity index (χ1v) is 4.63. The van der Waals surface area contributed by atoms with Crippen molar-refractivity contribution >= 4 is 17.6 Å². The lowest BCUT2D eigenvalue weighted by atomic mass is 10.1. The first-order valence-electron chi connectivity index (χ1n) is 4.25. The molecule has 1 rings (SSSR count). The summed E-state index contributed by atoms with van der Waals surface area (Å²) in [6, 6.07) is 6.40. The molecule has 0 aliphatic carbocycles. The molecule has 1 atom stereocenters. The van der Waals surface area contributed by atoms with Gasteiger partial charge in [0, 0.05) is 5.02 Å². The molecule has 4 heteroatoms. The van der Waals surface area contributed by atoms with E-state index in [-0.39, 0.29) is 6.61 Å². The van der Waals surface area contributed by atoms with Crippen LogP contribution in [-0.4, -0.2) is 17.7 Å². The lowest BCUT2D eigenvalue weighted by Crippen LogP contribution is -2.15. The first kappa shape index (κ1) is 11.0. The molecule has 1 aromatic carbocycles. The molecule has 0 fully saturated rings. The zero-order valence-electron chi connectivity index (χ0n) is 7.74. The molecule has 0 saturated heterocycles. The molecule has 0 amide bonds. The normalized spacial score (nSPS) is 12.2. The average Bonchev–Trinajstić information content (AvgIpc) is 2.18. The summed E-state index contributed by atoms with van der Waals surface area (Å²) < 4.78 is 4.67. The number of ether oxygens (including phenoxy) is 1. The molecule has 1 unspecified atom stereocenters. The van der Waals surface area contributed by atoms with Crippen molar-refractivity contribution in [1.82, 2.24) is 0 Å². The third kappa shape index (κ3) is 2.72. The Morgan fingerprint density at radius 3 is 2.57 bits per heavy atom. The molecule has 0 spiro atoms. The van der Waals surface area contributed by atoms with Crippen LogP contribution < -0.4 is 0 Å². The SMILES string of the molecule is CCOC(=O)C(O)c1ccc(Cl)cc1. The molecule has 0 bridgehead atoms. The number of carbonyl (C=O) groups is 1. The number of hydrogen-bond donors (Lipinski definition) is 1. The van der Waals surface area contributed by atoms with E-state index in [0.717, 1.165) is 0 Å². The fourth-order valence-electron chi connectivity index (χ4n) is 1.00. The molecule has 0 heterocycles. The fourth-order valence-corrected chi connectivity index (χ4v) is 1.13. The highest BCUT2D eigenvalue weighted by atomic mass is 35.5. The number of benzene rings is 1. The highest BCUT2D eigenvalue weighted by Crippen LogP contribution is 2.17. The summed E-state index contributed by atoms with van der Waals surface area (Å²) in [6.45, 7) is 1.94. The monoisotopic (exact) mass is 214 g/mol. The van der Waals surface area contributed by atoms with Gasteiger partial charge in [0.05, 0.1) is 6.61 Å². The largest absolute Gasteiger partial charge is 0.464 e. The van der Waals surface area contributed by atoms with E-state index in [0.29, 0.717) is 10.6 Å². The van der Waals surface area contributed by atoms with Gasteiger partial charge in [-0.25, -0.2) is 4.79 Å². The maximum atomic E-state index is 11.1. The van der Waals surface area contributed by atoms with Crippen molar-refractivity contribution in [3.63, 3.8) is 0 Å². The third-order valence-corrected chi connectivity index (χ3v) is 1.95. The van der Waals surface area contributed by atoms with Gasteiger partial charge in [0.25, 0.3) is 0 Å². The molecule has 0 aliphatic heterocycles. The maximum absolute atomic E-state index is 11.1. The molecule has 1 aromatic rings. The molecule has 3 nitrogen and oxygen atoms in total. The van der Waals surface area contributed by atoms with Crippen LogP contribution in [0.4, 0.5) is 0 Å². The van der Waals surface area contributed by atoms with Crippen molar-refractivity contribution in [1.29, 1.82) is 0 Å². The van der Waals surface area contributed by atoms with Gasteiger partial charge in [-0.15, -0.1) is 0 Å². The van der Waals surface area contributed by atoms with Crippen LogP contribution in [0.1, 0.15) is 18.6 Å². The second-order valence-corrected chi connectivity index (χ2v) is 3.14. The maximum Gasteiger partial charge on any atom is 0.339 e. The van der Waals surface area contributed by atoms with Crippen LogP contribution in [0.5, 0.6) is 0 Å². The Morgan fingerprint density at radius 1 is 1.50 bits per heavy atom. The number of aliphatic hydroxyl groups is 1. The Hall–Kier alpha value is -1.06. The first-order chi connectivity index (χ1) is 6.65. The summed E-state index contributed by atoms with van der Waals surface area (Å²) in [5.41, 5.74) is 0.479. The second kappa shape index (κ2) is 4.98. The van der Waals surface area contributed by atoms with E-state index in [1.807, 2.05) is 0 Å². The van der Waals surface area contributed by atoms with E-state index in [2.05, 4.69) is 4.74 Å². The van der Waals surface area contributed by atoms with Crippen LogP contribution in [0.2, 0.25) is 5.02 Å². The Kier molecular flexibility index (Phi) is 3.92. The summed E-state index contributed by atoms with van der Waals surface area (Å²) in [5, 5.41) is 10.1. The van der Waals surface area contributed by atoms with E-state index in [4.69, 9.17) is 11.6 Å². The van der Waals surface area contributed by atoms with Crippen LogP contribution in [-0.2, 0) is 9.53 Å². The molecule has 0 aromatic heterocycles. The molecule has 0 aliphatic rings. The quantitative estimate of drug-likeness (QED) is 0.783. The van der Waals surface area contributed by atoms with E-state index in [9.17, 15) is 9.90 Å². The molecule has 76 valence electrons. The summed E-state index contributed by atoms with van der Waals surface area (Å²) >= 11 is 5.66. The van der Waals surface area contributed by atoms with Crippen LogP contribution >= 0.6 is 11.6 Å². The molecule has 0 saturated carbocycles. The van der Waals surface area contributed by atoms with E-state index in [1.165, 1.54) is 0 Å². The van der Waals surface area contributed by atoms with Crippen molar-refractivity contribution in [2.45, 2.75) is 13.0 Å². The summed E-state index contributed by atoms with van der Waals surface area (Å²) in [4.78, 5) is 11.1. The molecular weight excluding hydrogens is 204 g/mol. The lowest BCUT2D eigenvalue weighted by molar-refractivity contribution is -0.153. The molecule has 1 N–H and O–H groups in total. The van der Waals surface area contributed by atoms with Gasteiger partial charge >= 0.3 is 5.97 Å². The average molecular weight is 215 g/mol. The topological polar surface area (TPSA) is 46.5 Å². The van der Waals surface area contributed by atoms with Crippen LogP contribution in [0.3, 0.4) is 0 Å². The molecule has 14 heavy (non-hydrogen) atoms. The van der Waals surface area contributed by atoms with E-state index >= 15 is 0 Å². The van der Waals surface area contributed by atoms with Crippen molar-refractivity contribution in [3.05, 3.63) is 34.9 Å². The van der Waals surface area contributed by atoms with Gasteiger partial charge in [-0.05, 0) is 24.6 Å². The number of aliphatic hydroxyl groups excluding tert-OH is 1. The summed E-state index contributed by atoms with van der Waals surface area (Å²) in [7, 11) is 0. The minimum Gasteiger partial charge on any atom is -0.464 e. The number of rotatable bonds is 3. The standard InChI is InChI=1S/C10H11ClO3/c1-2-14-10(13)9(12)7-3-5-8(11)6-4-7/h3-6,9,12H,2H2,1H3.